The summed E-state index contributed by atoms with van der Waals surface area (Å²) in [6.07, 6.45) is 7.79. The maximum atomic E-state index is 13.0. The van der Waals surface area contributed by atoms with Crippen LogP contribution in [0.1, 0.15) is 59.7 Å². The van der Waals surface area contributed by atoms with Gasteiger partial charge in [0.05, 0.1) is 12.2 Å². The molecule has 2 N–H and O–H groups in total. The molecule has 5 rings (SSSR count). The predicted molar refractivity (Wildman–Crippen MR) is 170 cm³/mol. The number of pyridine rings is 1. The quantitative estimate of drug-likeness (QED) is 0.152. The van der Waals surface area contributed by atoms with E-state index in [9.17, 15) is 4.79 Å². The molecule has 1 amide bonds. The van der Waals surface area contributed by atoms with Crippen LogP contribution in [0.15, 0.2) is 97.5 Å². The number of H-pyrrole nitrogens is 1. The van der Waals surface area contributed by atoms with E-state index in [0.717, 1.165) is 60.6 Å². The number of nitrogens with zero attached hydrogens (tertiary/aromatic N) is 4. The highest BCUT2D eigenvalue weighted by molar-refractivity contribution is 6.04. The van der Waals surface area contributed by atoms with E-state index in [1.165, 1.54) is 10.9 Å². The number of fused-ring (bicyclic) bond motifs is 1. The fraction of sp³-hybridized carbons (Fsp3) is 0.286. The minimum Gasteiger partial charge on any atom is -0.348 e. The number of anilines is 1. The SMILES string of the molecule is CCCN(CCC)Cc1ccc(NC(=O)c2ccc(CN(Cc3ncc[nH]3)Cc3nccc4ccccc34)cc2)cc1. The molecule has 7 heteroatoms. The highest BCUT2D eigenvalue weighted by Crippen LogP contribution is 2.20. The largest absolute Gasteiger partial charge is 0.348 e. The number of imidazole rings is 1. The van der Waals surface area contributed by atoms with Crippen molar-refractivity contribution in [1.82, 2.24) is 24.8 Å². The monoisotopic (exact) mass is 560 g/mol. The lowest BCUT2D eigenvalue weighted by Crippen LogP contribution is -2.24. The van der Waals surface area contributed by atoms with Gasteiger partial charge in [-0.25, -0.2) is 4.98 Å². The van der Waals surface area contributed by atoms with Gasteiger partial charge in [0.1, 0.15) is 5.82 Å². The molecule has 0 radical (unpaired) electrons. The molecule has 0 bridgehead atoms. The highest BCUT2D eigenvalue weighted by atomic mass is 16.1. The van der Waals surface area contributed by atoms with Crippen LogP contribution in [-0.2, 0) is 26.2 Å². The first-order chi connectivity index (χ1) is 20.6. The Labute approximate surface area is 248 Å². The Bertz CT molecular complexity index is 1540. The Kier molecular flexibility index (Phi) is 10.1. The van der Waals surface area contributed by atoms with E-state index in [2.05, 4.69) is 75.3 Å². The minimum absolute atomic E-state index is 0.111. The molecule has 0 aliphatic heterocycles. The Hall–Kier alpha value is -4.33. The summed E-state index contributed by atoms with van der Waals surface area (Å²) >= 11 is 0. The van der Waals surface area contributed by atoms with Crippen molar-refractivity contribution in [3.63, 3.8) is 0 Å². The van der Waals surface area contributed by atoms with E-state index in [1.54, 1.807) is 6.20 Å². The second kappa shape index (κ2) is 14.5. The van der Waals surface area contributed by atoms with Crippen molar-refractivity contribution in [2.24, 2.45) is 0 Å². The number of carbonyl (C=O) groups is 1. The van der Waals surface area contributed by atoms with Gasteiger partial charge < -0.3 is 10.3 Å². The average Bonchev–Trinajstić information content (AvgIpc) is 3.52. The van der Waals surface area contributed by atoms with Gasteiger partial charge in [-0.2, -0.15) is 0 Å². The van der Waals surface area contributed by atoms with E-state index < -0.39 is 0 Å². The molecule has 7 nitrogen and oxygen atoms in total. The molecule has 0 aliphatic rings. The number of aromatic amines is 1. The standard InChI is InChI=1S/C35H40N6O/c1-3-21-40(22-4-2)23-28-11-15-31(16-12-28)39-35(42)30-13-9-27(10-14-30)24-41(26-34-37-19-20-38-34)25-33-32-8-6-5-7-29(32)17-18-36-33/h5-20H,3-4,21-26H2,1-2H3,(H,37,38)(H,39,42). The number of nitrogens with one attached hydrogen (secondary N) is 2. The van der Waals surface area contributed by atoms with Gasteiger partial charge in [-0.3, -0.25) is 19.6 Å². The number of rotatable bonds is 14. The summed E-state index contributed by atoms with van der Waals surface area (Å²) in [6, 6.07) is 26.4. The van der Waals surface area contributed by atoms with Gasteiger partial charge in [-0.05, 0) is 72.8 Å². The summed E-state index contributed by atoms with van der Waals surface area (Å²) in [6.45, 7) is 9.60. The number of amides is 1. The van der Waals surface area contributed by atoms with Crippen molar-refractivity contribution >= 4 is 22.4 Å². The van der Waals surface area contributed by atoms with Crippen molar-refractivity contribution in [2.45, 2.75) is 52.9 Å². The Morgan fingerprint density at radius 3 is 2.12 bits per heavy atom. The van der Waals surface area contributed by atoms with Crippen molar-refractivity contribution in [2.75, 3.05) is 18.4 Å². The molecule has 0 fully saturated rings. The van der Waals surface area contributed by atoms with Crippen molar-refractivity contribution < 1.29 is 4.79 Å². The molecule has 2 aromatic heterocycles. The molecule has 0 unspecified atom stereocenters. The minimum atomic E-state index is -0.111. The van der Waals surface area contributed by atoms with Crippen LogP contribution >= 0.6 is 0 Å². The topological polar surface area (TPSA) is 77.2 Å². The average molecular weight is 561 g/mol. The van der Waals surface area contributed by atoms with Crippen molar-refractivity contribution in [1.29, 1.82) is 0 Å². The first-order valence-electron chi connectivity index (χ1n) is 14.9. The summed E-state index contributed by atoms with van der Waals surface area (Å²) in [5.41, 5.74) is 4.85. The van der Waals surface area contributed by atoms with E-state index in [1.807, 2.05) is 54.9 Å². The Morgan fingerprint density at radius 2 is 1.43 bits per heavy atom. The lowest BCUT2D eigenvalue weighted by Gasteiger charge is -2.22. The summed E-state index contributed by atoms with van der Waals surface area (Å²) in [5.74, 6) is 0.793. The third kappa shape index (κ3) is 7.90. The summed E-state index contributed by atoms with van der Waals surface area (Å²) in [4.78, 5) is 30.2. The zero-order valence-corrected chi connectivity index (χ0v) is 24.6. The number of hydrogen-bond acceptors (Lipinski definition) is 5. The van der Waals surface area contributed by atoms with Crippen LogP contribution in [0.5, 0.6) is 0 Å². The van der Waals surface area contributed by atoms with E-state index in [4.69, 9.17) is 4.98 Å². The molecular weight excluding hydrogens is 520 g/mol. The van der Waals surface area contributed by atoms with Crippen LogP contribution in [0.4, 0.5) is 5.69 Å². The fourth-order valence-corrected chi connectivity index (χ4v) is 5.36. The van der Waals surface area contributed by atoms with Crippen molar-refractivity contribution in [3.05, 3.63) is 126 Å². The van der Waals surface area contributed by atoms with Crippen LogP contribution in [0.3, 0.4) is 0 Å². The summed E-state index contributed by atoms with van der Waals surface area (Å²) in [5, 5.41) is 5.38. The van der Waals surface area contributed by atoms with Gasteiger partial charge in [-0.15, -0.1) is 0 Å². The molecule has 2 heterocycles. The maximum absolute atomic E-state index is 13.0. The van der Waals surface area contributed by atoms with Gasteiger partial charge in [0, 0.05) is 54.9 Å². The van der Waals surface area contributed by atoms with Gasteiger partial charge in [0.2, 0.25) is 0 Å². The van der Waals surface area contributed by atoms with Crippen LogP contribution in [0, 0.1) is 0 Å². The Balaban J connectivity index is 1.23. The van der Waals surface area contributed by atoms with Crippen LogP contribution < -0.4 is 5.32 Å². The molecule has 216 valence electrons. The van der Waals surface area contributed by atoms with Crippen LogP contribution in [0.25, 0.3) is 10.8 Å². The van der Waals surface area contributed by atoms with Gasteiger partial charge in [0.25, 0.3) is 5.91 Å². The smallest absolute Gasteiger partial charge is 0.255 e. The number of carbonyl (C=O) groups excluding carboxylic acids is 1. The molecule has 0 spiro atoms. The predicted octanol–water partition coefficient (Wildman–Crippen LogP) is 7.03. The number of hydrogen-bond donors (Lipinski definition) is 2. The maximum Gasteiger partial charge on any atom is 0.255 e. The lowest BCUT2D eigenvalue weighted by molar-refractivity contribution is 0.102. The molecule has 3 aromatic carbocycles. The Morgan fingerprint density at radius 1 is 0.738 bits per heavy atom. The van der Waals surface area contributed by atoms with Gasteiger partial charge >= 0.3 is 0 Å². The highest BCUT2D eigenvalue weighted by Gasteiger charge is 2.14. The van der Waals surface area contributed by atoms with E-state index in [0.29, 0.717) is 25.2 Å². The molecule has 5 aromatic rings. The summed E-state index contributed by atoms with van der Waals surface area (Å²) < 4.78 is 0. The van der Waals surface area contributed by atoms with Gasteiger partial charge in [0.15, 0.2) is 0 Å². The fourth-order valence-electron chi connectivity index (χ4n) is 5.36. The summed E-state index contributed by atoms with van der Waals surface area (Å²) in [7, 11) is 0. The molecule has 42 heavy (non-hydrogen) atoms. The van der Waals surface area contributed by atoms with Gasteiger partial charge in [-0.1, -0.05) is 62.4 Å². The third-order valence-corrected chi connectivity index (χ3v) is 7.38. The van der Waals surface area contributed by atoms with Crippen molar-refractivity contribution in [3.8, 4) is 0 Å². The number of aromatic nitrogens is 3. The van der Waals surface area contributed by atoms with E-state index in [-0.39, 0.29) is 5.91 Å². The first-order valence-corrected chi connectivity index (χ1v) is 14.9. The third-order valence-electron chi connectivity index (χ3n) is 7.38. The zero-order valence-electron chi connectivity index (χ0n) is 24.6. The second-order valence-corrected chi connectivity index (χ2v) is 10.8. The van der Waals surface area contributed by atoms with E-state index >= 15 is 0 Å². The molecule has 0 saturated carbocycles. The first kappa shape index (κ1) is 29.2. The molecule has 0 saturated heterocycles. The zero-order chi connectivity index (χ0) is 29.1. The lowest BCUT2D eigenvalue weighted by atomic mass is 10.1. The molecule has 0 aliphatic carbocycles. The normalized spacial score (nSPS) is 11.4. The molecule has 0 atom stereocenters. The van der Waals surface area contributed by atoms with Crippen LogP contribution in [-0.4, -0.2) is 43.7 Å². The second-order valence-electron chi connectivity index (χ2n) is 10.8. The number of benzene rings is 3. The van der Waals surface area contributed by atoms with Crippen LogP contribution in [0.2, 0.25) is 0 Å². The molecular formula is C35H40N6O.